The van der Waals surface area contributed by atoms with Crippen LogP contribution in [0.4, 0.5) is 5.69 Å². The van der Waals surface area contributed by atoms with Crippen LogP contribution in [0, 0.1) is 0 Å². The number of hydrogen-bond donors (Lipinski definition) is 1. The smallest absolute Gasteiger partial charge is 0.243 e. The SMILES string of the molecule is COc1ccc(S(=O)(=O)N2CCCCC2)cc1NC(=O)[C@H](C)Sc1ccc(OC)c(OC)c1. The summed E-state index contributed by atoms with van der Waals surface area (Å²) < 4.78 is 43.5. The lowest BCUT2D eigenvalue weighted by molar-refractivity contribution is -0.115. The van der Waals surface area contributed by atoms with Crippen LogP contribution in [0.25, 0.3) is 0 Å². The molecule has 10 heteroatoms. The maximum Gasteiger partial charge on any atom is 0.243 e. The summed E-state index contributed by atoms with van der Waals surface area (Å²) in [6.45, 7) is 2.79. The van der Waals surface area contributed by atoms with Crippen molar-refractivity contribution in [2.45, 2.75) is 41.2 Å². The zero-order valence-electron chi connectivity index (χ0n) is 19.3. The standard InChI is InChI=1S/C23H30N2O6S2/c1-16(32-17-8-10-21(30-3)22(14-17)31-4)23(26)24-19-15-18(9-11-20(19)29-2)33(27,28)25-12-6-5-7-13-25/h8-11,14-16H,5-7,12-13H2,1-4H3,(H,24,26)/t16-/m0/s1. The Kier molecular flexibility index (Phi) is 8.50. The molecule has 1 fully saturated rings. The van der Waals surface area contributed by atoms with Crippen LogP contribution in [-0.2, 0) is 14.8 Å². The predicted molar refractivity (Wildman–Crippen MR) is 129 cm³/mol. The summed E-state index contributed by atoms with van der Waals surface area (Å²) in [5.74, 6) is 1.30. The minimum atomic E-state index is -3.63. The van der Waals surface area contributed by atoms with Crippen LogP contribution in [0.1, 0.15) is 26.2 Å². The third-order valence-electron chi connectivity index (χ3n) is 5.42. The monoisotopic (exact) mass is 494 g/mol. The molecule has 1 aliphatic rings. The Morgan fingerprint density at radius 3 is 2.21 bits per heavy atom. The number of sulfonamides is 1. The van der Waals surface area contributed by atoms with Gasteiger partial charge in [0.05, 0.1) is 37.2 Å². The van der Waals surface area contributed by atoms with Crippen molar-refractivity contribution in [2.24, 2.45) is 0 Å². The van der Waals surface area contributed by atoms with Crippen molar-refractivity contribution in [1.82, 2.24) is 4.31 Å². The van der Waals surface area contributed by atoms with Crippen LogP contribution in [0.3, 0.4) is 0 Å². The van der Waals surface area contributed by atoms with Crippen molar-refractivity contribution in [3.05, 3.63) is 36.4 Å². The molecule has 2 aromatic carbocycles. The summed E-state index contributed by atoms with van der Waals surface area (Å²) >= 11 is 1.35. The van der Waals surface area contributed by atoms with Gasteiger partial charge < -0.3 is 19.5 Å². The fraction of sp³-hybridized carbons (Fsp3) is 0.435. The van der Waals surface area contributed by atoms with Crippen molar-refractivity contribution < 1.29 is 27.4 Å². The fourth-order valence-electron chi connectivity index (χ4n) is 3.58. The Bertz CT molecular complexity index is 1080. The Morgan fingerprint density at radius 1 is 0.939 bits per heavy atom. The van der Waals surface area contributed by atoms with Gasteiger partial charge in [-0.2, -0.15) is 4.31 Å². The number of amides is 1. The molecular formula is C23H30N2O6S2. The quantitative estimate of drug-likeness (QED) is 0.527. The van der Waals surface area contributed by atoms with E-state index >= 15 is 0 Å². The second-order valence-electron chi connectivity index (χ2n) is 7.59. The Labute approximate surface area is 199 Å². The lowest BCUT2D eigenvalue weighted by atomic mass is 10.2. The van der Waals surface area contributed by atoms with Crippen LogP contribution < -0.4 is 19.5 Å². The summed E-state index contributed by atoms with van der Waals surface area (Å²) in [6, 6.07) is 9.99. The summed E-state index contributed by atoms with van der Waals surface area (Å²) in [6.07, 6.45) is 2.74. The summed E-state index contributed by atoms with van der Waals surface area (Å²) in [5.41, 5.74) is 0.320. The number of benzene rings is 2. The maximum atomic E-state index is 13.1. The maximum absolute atomic E-state index is 13.1. The molecule has 3 rings (SSSR count). The first-order valence-electron chi connectivity index (χ1n) is 10.7. The Morgan fingerprint density at radius 2 is 1.58 bits per heavy atom. The van der Waals surface area contributed by atoms with Gasteiger partial charge in [0.1, 0.15) is 5.75 Å². The summed E-state index contributed by atoms with van der Waals surface area (Å²) in [7, 11) is 0.963. The van der Waals surface area contributed by atoms with E-state index in [-0.39, 0.29) is 10.8 Å². The molecule has 180 valence electrons. The van der Waals surface area contributed by atoms with E-state index in [0.29, 0.717) is 36.0 Å². The molecule has 0 unspecified atom stereocenters. The van der Waals surface area contributed by atoms with Crippen molar-refractivity contribution in [1.29, 1.82) is 0 Å². The number of methoxy groups -OCH3 is 3. The molecule has 1 heterocycles. The average Bonchev–Trinajstić information content (AvgIpc) is 2.84. The third-order valence-corrected chi connectivity index (χ3v) is 8.41. The largest absolute Gasteiger partial charge is 0.495 e. The van der Waals surface area contributed by atoms with Gasteiger partial charge in [0.25, 0.3) is 0 Å². The molecule has 8 nitrogen and oxygen atoms in total. The van der Waals surface area contributed by atoms with Crippen molar-refractivity contribution in [2.75, 3.05) is 39.7 Å². The minimum absolute atomic E-state index is 0.140. The first-order valence-corrected chi connectivity index (χ1v) is 13.0. The van der Waals surface area contributed by atoms with E-state index in [1.165, 1.54) is 35.3 Å². The first-order chi connectivity index (χ1) is 15.8. The summed E-state index contributed by atoms with van der Waals surface area (Å²) in [4.78, 5) is 13.9. The summed E-state index contributed by atoms with van der Waals surface area (Å²) in [5, 5.41) is 2.36. The topological polar surface area (TPSA) is 94.2 Å². The van der Waals surface area contributed by atoms with Gasteiger partial charge in [0.15, 0.2) is 11.5 Å². The molecule has 0 saturated carbocycles. The highest BCUT2D eigenvalue weighted by Crippen LogP contribution is 2.35. The zero-order valence-corrected chi connectivity index (χ0v) is 20.9. The lowest BCUT2D eigenvalue weighted by Crippen LogP contribution is -2.35. The molecule has 2 aromatic rings. The predicted octanol–water partition coefficient (Wildman–Crippen LogP) is 4.01. The third kappa shape index (κ3) is 5.93. The minimum Gasteiger partial charge on any atom is -0.495 e. The number of hydrogen-bond acceptors (Lipinski definition) is 7. The van der Waals surface area contributed by atoms with Crippen LogP contribution in [0.15, 0.2) is 46.2 Å². The molecule has 1 atom stereocenters. The molecule has 1 amide bonds. The molecule has 0 radical (unpaired) electrons. The van der Waals surface area contributed by atoms with E-state index < -0.39 is 15.3 Å². The number of carbonyl (C=O) groups is 1. The number of nitrogens with one attached hydrogen (secondary N) is 1. The van der Waals surface area contributed by atoms with E-state index in [9.17, 15) is 13.2 Å². The first kappa shape index (κ1) is 25.2. The van der Waals surface area contributed by atoms with Crippen molar-refractivity contribution in [3.63, 3.8) is 0 Å². The molecule has 0 aromatic heterocycles. The molecule has 1 saturated heterocycles. The molecule has 0 spiro atoms. The fourth-order valence-corrected chi connectivity index (χ4v) is 6.02. The van der Waals surface area contributed by atoms with Gasteiger partial charge in [-0.25, -0.2) is 8.42 Å². The van der Waals surface area contributed by atoms with Gasteiger partial charge in [-0.3, -0.25) is 4.79 Å². The second-order valence-corrected chi connectivity index (χ2v) is 10.9. The number of rotatable bonds is 9. The van der Waals surface area contributed by atoms with Crippen molar-refractivity contribution in [3.8, 4) is 17.2 Å². The highest BCUT2D eigenvalue weighted by molar-refractivity contribution is 8.00. The molecule has 0 aliphatic carbocycles. The van der Waals surface area contributed by atoms with Gasteiger partial charge in [-0.1, -0.05) is 6.42 Å². The van der Waals surface area contributed by atoms with Crippen LogP contribution in [-0.4, -0.2) is 58.3 Å². The van der Waals surface area contributed by atoms with Gasteiger partial charge in [0, 0.05) is 18.0 Å². The molecular weight excluding hydrogens is 464 g/mol. The van der Waals surface area contributed by atoms with E-state index in [2.05, 4.69) is 5.32 Å². The average molecular weight is 495 g/mol. The molecule has 0 bridgehead atoms. The number of piperidine rings is 1. The Hall–Kier alpha value is -2.43. The highest BCUT2D eigenvalue weighted by Gasteiger charge is 2.27. The van der Waals surface area contributed by atoms with Gasteiger partial charge in [-0.15, -0.1) is 11.8 Å². The number of carbonyl (C=O) groups excluding carboxylic acids is 1. The highest BCUT2D eigenvalue weighted by atomic mass is 32.2. The van der Waals surface area contributed by atoms with E-state index in [4.69, 9.17) is 14.2 Å². The van der Waals surface area contributed by atoms with E-state index in [1.807, 2.05) is 6.07 Å². The van der Waals surface area contributed by atoms with E-state index in [1.54, 1.807) is 39.3 Å². The number of thioether (sulfide) groups is 1. The van der Waals surface area contributed by atoms with Gasteiger partial charge in [-0.05, 0) is 56.2 Å². The lowest BCUT2D eigenvalue weighted by Gasteiger charge is -2.26. The second kappa shape index (κ2) is 11.1. The van der Waals surface area contributed by atoms with Crippen LogP contribution >= 0.6 is 11.8 Å². The molecule has 33 heavy (non-hydrogen) atoms. The van der Waals surface area contributed by atoms with Gasteiger partial charge >= 0.3 is 0 Å². The number of nitrogens with zero attached hydrogens (tertiary/aromatic N) is 1. The van der Waals surface area contributed by atoms with Crippen LogP contribution in [0.2, 0.25) is 0 Å². The van der Waals surface area contributed by atoms with Crippen molar-refractivity contribution >= 4 is 33.4 Å². The number of ether oxygens (including phenoxy) is 3. The zero-order chi connectivity index (χ0) is 24.0. The normalized spacial score (nSPS) is 15.5. The van der Waals surface area contributed by atoms with Gasteiger partial charge in [0.2, 0.25) is 15.9 Å². The number of anilines is 1. The van der Waals surface area contributed by atoms with Crippen LogP contribution in [0.5, 0.6) is 17.2 Å². The van der Waals surface area contributed by atoms with E-state index in [0.717, 1.165) is 24.2 Å². The Balaban J connectivity index is 1.77. The molecule has 1 aliphatic heterocycles. The molecule has 1 N–H and O–H groups in total.